The van der Waals surface area contributed by atoms with Gasteiger partial charge in [0.2, 0.25) is 0 Å². The number of nitro benzene ring substituents is 1. The molecule has 0 aliphatic carbocycles. The number of nitrogens with zero attached hydrogens (tertiary/aromatic N) is 2. The number of anilines is 1. The topological polar surface area (TPSA) is 93.5 Å². The Labute approximate surface area is 122 Å². The van der Waals surface area contributed by atoms with Crippen LogP contribution in [0.2, 0.25) is 0 Å². The van der Waals surface area contributed by atoms with Crippen LogP contribution in [0, 0.1) is 17.0 Å². The van der Waals surface area contributed by atoms with Gasteiger partial charge in [-0.3, -0.25) is 10.1 Å². The smallest absolute Gasteiger partial charge is 0.269 e. The first-order valence-electron chi connectivity index (χ1n) is 6.41. The first kappa shape index (κ1) is 14.5. The van der Waals surface area contributed by atoms with Crippen molar-refractivity contribution in [2.75, 3.05) is 5.32 Å². The highest BCUT2D eigenvalue weighted by Crippen LogP contribution is 2.13. The van der Waals surface area contributed by atoms with E-state index in [9.17, 15) is 10.1 Å². The summed E-state index contributed by atoms with van der Waals surface area (Å²) in [5.74, 6) is 0.305. The van der Waals surface area contributed by atoms with Gasteiger partial charge in [-0.25, -0.2) is 4.99 Å². The van der Waals surface area contributed by atoms with Gasteiger partial charge in [0.05, 0.1) is 11.5 Å². The molecular formula is C15H16N4O2. The Balaban J connectivity index is 1.98. The van der Waals surface area contributed by atoms with Crippen molar-refractivity contribution in [1.29, 1.82) is 0 Å². The monoisotopic (exact) mass is 284 g/mol. The summed E-state index contributed by atoms with van der Waals surface area (Å²) in [5.41, 5.74) is 8.73. The van der Waals surface area contributed by atoms with Crippen molar-refractivity contribution >= 4 is 17.3 Å². The van der Waals surface area contributed by atoms with E-state index in [4.69, 9.17) is 5.73 Å². The van der Waals surface area contributed by atoms with E-state index in [1.807, 2.05) is 31.2 Å². The van der Waals surface area contributed by atoms with Gasteiger partial charge in [0.25, 0.3) is 5.69 Å². The van der Waals surface area contributed by atoms with E-state index >= 15 is 0 Å². The molecular weight excluding hydrogens is 268 g/mol. The maximum absolute atomic E-state index is 10.6. The third-order valence-corrected chi connectivity index (χ3v) is 2.87. The number of aryl methyl sites for hydroxylation is 1. The molecule has 3 N–H and O–H groups in total. The second kappa shape index (κ2) is 6.51. The Hall–Kier alpha value is -2.89. The lowest BCUT2D eigenvalue weighted by atomic mass is 10.2. The predicted molar refractivity (Wildman–Crippen MR) is 83.2 cm³/mol. The minimum atomic E-state index is -0.430. The fourth-order valence-corrected chi connectivity index (χ4v) is 1.81. The number of benzene rings is 2. The van der Waals surface area contributed by atoms with E-state index in [-0.39, 0.29) is 5.69 Å². The van der Waals surface area contributed by atoms with Crippen molar-refractivity contribution in [3.05, 3.63) is 69.8 Å². The highest BCUT2D eigenvalue weighted by Gasteiger charge is 2.03. The lowest BCUT2D eigenvalue weighted by Gasteiger charge is -2.06. The van der Waals surface area contributed by atoms with E-state index < -0.39 is 4.92 Å². The van der Waals surface area contributed by atoms with Crippen LogP contribution < -0.4 is 11.1 Å². The van der Waals surface area contributed by atoms with Gasteiger partial charge >= 0.3 is 0 Å². The molecule has 0 amide bonds. The number of guanidine groups is 1. The fraction of sp³-hybridized carbons (Fsp3) is 0.133. The van der Waals surface area contributed by atoms with E-state index in [1.165, 1.54) is 12.1 Å². The summed E-state index contributed by atoms with van der Waals surface area (Å²) < 4.78 is 0. The largest absolute Gasteiger partial charge is 0.370 e. The summed E-state index contributed by atoms with van der Waals surface area (Å²) in [6, 6.07) is 14.0. The van der Waals surface area contributed by atoms with Crippen molar-refractivity contribution in [2.45, 2.75) is 13.5 Å². The summed E-state index contributed by atoms with van der Waals surface area (Å²) in [6.07, 6.45) is 0. The van der Waals surface area contributed by atoms with Gasteiger partial charge < -0.3 is 11.1 Å². The van der Waals surface area contributed by atoms with Crippen LogP contribution >= 0.6 is 0 Å². The molecule has 2 aromatic rings. The molecule has 0 bridgehead atoms. The van der Waals surface area contributed by atoms with Gasteiger partial charge in [0.15, 0.2) is 5.96 Å². The summed E-state index contributed by atoms with van der Waals surface area (Å²) in [6.45, 7) is 2.36. The molecule has 21 heavy (non-hydrogen) atoms. The zero-order chi connectivity index (χ0) is 15.2. The standard InChI is InChI=1S/C15H16N4O2/c1-11-3-2-4-13(9-11)18-15(16)17-10-12-5-7-14(8-6-12)19(20)21/h2-9H,10H2,1H3,(H3,16,17,18). The molecule has 6 nitrogen and oxygen atoms in total. The molecule has 6 heteroatoms. The second-order valence-corrected chi connectivity index (χ2v) is 4.62. The van der Waals surface area contributed by atoms with Crippen LogP contribution in [0.25, 0.3) is 0 Å². The Bertz CT molecular complexity index is 666. The minimum Gasteiger partial charge on any atom is -0.370 e. The molecule has 108 valence electrons. The van der Waals surface area contributed by atoms with Gasteiger partial charge in [-0.05, 0) is 30.2 Å². The number of hydrogen-bond acceptors (Lipinski definition) is 3. The molecule has 0 aromatic heterocycles. The number of non-ortho nitro benzene ring substituents is 1. The van der Waals surface area contributed by atoms with Gasteiger partial charge in [-0.1, -0.05) is 24.3 Å². The molecule has 0 aliphatic rings. The van der Waals surface area contributed by atoms with Crippen LogP contribution in [-0.2, 0) is 6.54 Å². The maximum Gasteiger partial charge on any atom is 0.269 e. The Morgan fingerprint density at radius 2 is 2.00 bits per heavy atom. The highest BCUT2D eigenvalue weighted by atomic mass is 16.6. The van der Waals surface area contributed by atoms with E-state index in [2.05, 4.69) is 10.3 Å². The quantitative estimate of drug-likeness (QED) is 0.390. The summed E-state index contributed by atoms with van der Waals surface area (Å²) in [5, 5.41) is 13.6. The number of rotatable bonds is 4. The lowest BCUT2D eigenvalue weighted by molar-refractivity contribution is -0.384. The van der Waals surface area contributed by atoms with Gasteiger partial charge in [0.1, 0.15) is 0 Å². The summed E-state index contributed by atoms with van der Waals surface area (Å²) in [7, 11) is 0. The van der Waals surface area contributed by atoms with Gasteiger partial charge in [-0.15, -0.1) is 0 Å². The minimum absolute atomic E-state index is 0.0635. The maximum atomic E-state index is 10.6. The molecule has 0 fully saturated rings. The summed E-state index contributed by atoms with van der Waals surface area (Å²) in [4.78, 5) is 14.3. The number of hydrogen-bond donors (Lipinski definition) is 2. The average Bonchev–Trinajstić information content (AvgIpc) is 2.45. The molecule has 0 saturated heterocycles. The Morgan fingerprint density at radius 3 is 2.62 bits per heavy atom. The lowest BCUT2D eigenvalue weighted by Crippen LogP contribution is -2.22. The second-order valence-electron chi connectivity index (χ2n) is 4.62. The fourth-order valence-electron chi connectivity index (χ4n) is 1.81. The summed E-state index contributed by atoms with van der Waals surface area (Å²) >= 11 is 0. The first-order chi connectivity index (χ1) is 10.0. The molecule has 2 aromatic carbocycles. The van der Waals surface area contributed by atoms with Crippen LogP contribution in [-0.4, -0.2) is 10.9 Å². The molecule has 2 rings (SSSR count). The Morgan fingerprint density at radius 1 is 1.29 bits per heavy atom. The van der Waals surface area contributed by atoms with Crippen LogP contribution in [0.4, 0.5) is 11.4 Å². The van der Waals surface area contributed by atoms with Crippen molar-refractivity contribution in [2.24, 2.45) is 10.7 Å². The van der Waals surface area contributed by atoms with Crippen molar-refractivity contribution in [3.63, 3.8) is 0 Å². The first-order valence-corrected chi connectivity index (χ1v) is 6.41. The van der Waals surface area contributed by atoms with Crippen molar-refractivity contribution in [1.82, 2.24) is 0 Å². The average molecular weight is 284 g/mol. The zero-order valence-corrected chi connectivity index (χ0v) is 11.6. The van der Waals surface area contributed by atoms with Crippen LogP contribution in [0.1, 0.15) is 11.1 Å². The number of nitrogens with one attached hydrogen (secondary N) is 1. The predicted octanol–water partition coefficient (Wildman–Crippen LogP) is 2.83. The zero-order valence-electron chi connectivity index (χ0n) is 11.6. The third kappa shape index (κ3) is 4.31. The third-order valence-electron chi connectivity index (χ3n) is 2.87. The molecule has 0 unspecified atom stereocenters. The normalized spacial score (nSPS) is 11.2. The molecule has 0 aliphatic heterocycles. The number of aliphatic imine (C=N–C) groups is 1. The molecule has 0 saturated carbocycles. The van der Waals surface area contributed by atoms with E-state index in [1.54, 1.807) is 12.1 Å². The number of nitrogens with two attached hydrogens (primary N) is 1. The molecule has 0 radical (unpaired) electrons. The molecule has 0 atom stereocenters. The van der Waals surface area contributed by atoms with Crippen LogP contribution in [0.5, 0.6) is 0 Å². The van der Waals surface area contributed by atoms with E-state index in [0.29, 0.717) is 12.5 Å². The van der Waals surface area contributed by atoms with Crippen molar-refractivity contribution < 1.29 is 4.92 Å². The van der Waals surface area contributed by atoms with E-state index in [0.717, 1.165) is 16.8 Å². The highest BCUT2D eigenvalue weighted by molar-refractivity contribution is 5.92. The SMILES string of the molecule is Cc1cccc(NC(N)=NCc2ccc([N+](=O)[O-])cc2)c1. The number of nitro groups is 1. The Kier molecular flexibility index (Phi) is 4.50. The van der Waals surface area contributed by atoms with Crippen LogP contribution in [0.15, 0.2) is 53.5 Å². The molecule has 0 spiro atoms. The van der Waals surface area contributed by atoms with Gasteiger partial charge in [-0.2, -0.15) is 0 Å². The molecule has 0 heterocycles. The van der Waals surface area contributed by atoms with Crippen molar-refractivity contribution in [3.8, 4) is 0 Å². The van der Waals surface area contributed by atoms with Crippen LogP contribution in [0.3, 0.4) is 0 Å². The van der Waals surface area contributed by atoms with Gasteiger partial charge in [0, 0.05) is 17.8 Å².